The molecule has 0 atom stereocenters. The first kappa shape index (κ1) is 15.4. The highest BCUT2D eigenvalue weighted by Crippen LogP contribution is 2.44. The number of rotatable bonds is 3. The van der Waals surface area contributed by atoms with Gasteiger partial charge in [-0.2, -0.15) is 0 Å². The van der Waals surface area contributed by atoms with E-state index in [1.165, 1.54) is 0 Å². The number of hydrogen-bond acceptors (Lipinski definition) is 1. The Hall–Kier alpha value is -5.21. The average molecular weight is 520 g/mol. The number of pyridine rings is 1. The minimum Gasteiger partial charge on any atom is -0.309 e. The summed E-state index contributed by atoms with van der Waals surface area (Å²) in [6, 6.07) is 21.0. The van der Waals surface area contributed by atoms with Crippen molar-refractivity contribution >= 4 is 43.4 Å². The highest BCUT2D eigenvalue weighted by molar-refractivity contribution is 6.22. The van der Waals surface area contributed by atoms with Crippen LogP contribution in [0.5, 0.6) is 0 Å². The SMILES string of the molecule is [2H]c1c([2H])c([2H])c(-n2c3ccncc3c3cc(-c4c5ccccc5c(-c5c([2H])c([2H])c(C)c([2H])c5[2H])c5ccccc45)ccc32)c([2H])c1[2H]. The molecule has 0 unspecified atom stereocenters. The van der Waals surface area contributed by atoms with Gasteiger partial charge in [-0.15, -0.1) is 0 Å². The summed E-state index contributed by atoms with van der Waals surface area (Å²) in [5.41, 5.74) is 4.31. The zero-order valence-electron chi connectivity index (χ0n) is 30.5. The Morgan fingerprint density at radius 1 is 0.575 bits per heavy atom. The van der Waals surface area contributed by atoms with Crippen LogP contribution in [0.1, 0.15) is 17.9 Å². The molecule has 8 aromatic rings. The van der Waals surface area contributed by atoms with E-state index in [-0.39, 0.29) is 47.5 Å². The normalized spacial score (nSPS) is 14.8. The number of nitrogens with zero attached hydrogens (tertiary/aromatic N) is 2. The van der Waals surface area contributed by atoms with Crippen molar-refractivity contribution in [3.05, 3.63) is 145 Å². The molecule has 40 heavy (non-hydrogen) atoms. The maximum Gasteiger partial charge on any atom is 0.0645 e. The zero-order chi connectivity index (χ0) is 34.5. The van der Waals surface area contributed by atoms with Gasteiger partial charge in [-0.1, -0.05) is 102 Å². The fourth-order valence-corrected chi connectivity index (χ4v) is 5.83. The quantitative estimate of drug-likeness (QED) is 0.212. The highest BCUT2D eigenvalue weighted by Gasteiger charge is 2.18. The van der Waals surface area contributed by atoms with Crippen molar-refractivity contribution in [3.63, 3.8) is 0 Å². The zero-order valence-corrected chi connectivity index (χ0v) is 21.5. The van der Waals surface area contributed by atoms with Crippen LogP contribution in [0, 0.1) is 6.92 Å². The fourth-order valence-electron chi connectivity index (χ4n) is 5.83. The van der Waals surface area contributed by atoms with E-state index in [1.54, 1.807) is 30.0 Å². The van der Waals surface area contributed by atoms with E-state index in [0.717, 1.165) is 43.4 Å². The first-order valence-electron chi connectivity index (χ1n) is 17.5. The summed E-state index contributed by atoms with van der Waals surface area (Å²) < 4.78 is 78.9. The lowest BCUT2D eigenvalue weighted by molar-refractivity contribution is 1.17. The average Bonchev–Trinajstić information content (AvgIpc) is 3.44. The Bertz CT molecular complexity index is 2620. The molecule has 2 heteroatoms. The second-order valence-corrected chi connectivity index (χ2v) is 9.77. The third kappa shape index (κ3) is 3.40. The van der Waals surface area contributed by atoms with E-state index in [4.69, 9.17) is 12.3 Å². The predicted octanol–water partition coefficient (Wildman–Crippen LogP) is 10.1. The van der Waals surface area contributed by atoms with Gasteiger partial charge in [0.25, 0.3) is 0 Å². The molecular formula is C38H26N2. The standard InChI is InChI=1S/C38H26N2/c1-25-15-17-26(18-16-25)37-29-11-5-7-13-31(29)38(32-14-8-6-12-30(32)37)27-19-20-35-33(23-27)34-24-39-22-21-36(34)40(35)28-9-3-2-4-10-28/h2-24H,1H3/i2D,3D,4D,9D,10D,15D,16D,17D,18D. The van der Waals surface area contributed by atoms with Crippen molar-refractivity contribution in [3.8, 4) is 27.9 Å². The molecule has 2 nitrogen and oxygen atoms in total. The smallest absolute Gasteiger partial charge is 0.0645 e. The molecule has 0 bridgehead atoms. The van der Waals surface area contributed by atoms with E-state index in [2.05, 4.69) is 4.98 Å². The number of hydrogen-bond donors (Lipinski definition) is 0. The van der Waals surface area contributed by atoms with E-state index in [0.29, 0.717) is 22.2 Å². The second-order valence-electron chi connectivity index (χ2n) is 9.77. The summed E-state index contributed by atoms with van der Waals surface area (Å²) in [4.78, 5) is 4.37. The Balaban J connectivity index is 1.48. The molecule has 6 aromatic carbocycles. The Morgan fingerprint density at radius 2 is 1.18 bits per heavy atom. The second kappa shape index (κ2) is 8.93. The van der Waals surface area contributed by atoms with Gasteiger partial charge in [-0.25, -0.2) is 0 Å². The summed E-state index contributed by atoms with van der Waals surface area (Å²) >= 11 is 0. The molecule has 2 heterocycles. The van der Waals surface area contributed by atoms with Crippen LogP contribution in [0.2, 0.25) is 0 Å². The molecule has 0 spiro atoms. The van der Waals surface area contributed by atoms with Crippen molar-refractivity contribution < 1.29 is 12.3 Å². The van der Waals surface area contributed by atoms with Crippen molar-refractivity contribution in [1.29, 1.82) is 0 Å². The van der Waals surface area contributed by atoms with E-state index in [1.807, 2.05) is 66.7 Å². The van der Waals surface area contributed by atoms with Crippen LogP contribution < -0.4 is 0 Å². The summed E-state index contributed by atoms with van der Waals surface area (Å²) in [6.45, 7) is 1.60. The van der Waals surface area contributed by atoms with Gasteiger partial charge in [-0.05, 0) is 81.0 Å². The minimum atomic E-state index is -0.454. The number of para-hydroxylation sites is 1. The molecule has 0 aliphatic heterocycles. The third-order valence-corrected chi connectivity index (χ3v) is 7.50. The predicted molar refractivity (Wildman–Crippen MR) is 169 cm³/mol. The summed E-state index contributed by atoms with van der Waals surface area (Å²) in [5.74, 6) is 0. The molecule has 0 fully saturated rings. The number of fused-ring (bicyclic) bond motifs is 5. The van der Waals surface area contributed by atoms with Crippen molar-refractivity contribution in [2.24, 2.45) is 0 Å². The topological polar surface area (TPSA) is 17.8 Å². The highest BCUT2D eigenvalue weighted by atomic mass is 15.0. The molecule has 0 N–H and O–H groups in total. The maximum atomic E-state index is 8.93. The number of aromatic nitrogens is 2. The van der Waals surface area contributed by atoms with Crippen LogP contribution in [0.15, 0.2) is 140 Å². The first-order chi connectivity index (χ1) is 23.5. The third-order valence-electron chi connectivity index (χ3n) is 7.50. The van der Waals surface area contributed by atoms with Crippen LogP contribution in [0.3, 0.4) is 0 Å². The van der Waals surface area contributed by atoms with Gasteiger partial charge in [-0.3, -0.25) is 4.98 Å². The van der Waals surface area contributed by atoms with Crippen LogP contribution in [-0.2, 0) is 0 Å². The van der Waals surface area contributed by atoms with Crippen molar-refractivity contribution in [2.75, 3.05) is 0 Å². The first-order valence-corrected chi connectivity index (χ1v) is 13.0. The molecule has 0 saturated carbocycles. The lowest BCUT2D eigenvalue weighted by Crippen LogP contribution is -1.93. The monoisotopic (exact) mass is 519 g/mol. The minimum absolute atomic E-state index is 0.0585. The Labute approximate surface area is 245 Å². The largest absolute Gasteiger partial charge is 0.309 e. The van der Waals surface area contributed by atoms with Gasteiger partial charge in [0.05, 0.1) is 23.4 Å². The van der Waals surface area contributed by atoms with Gasteiger partial charge in [0.1, 0.15) is 0 Å². The molecule has 0 radical (unpaired) electrons. The van der Waals surface area contributed by atoms with E-state index < -0.39 is 18.1 Å². The summed E-state index contributed by atoms with van der Waals surface area (Å²) in [7, 11) is 0. The maximum absolute atomic E-state index is 8.93. The Morgan fingerprint density at radius 3 is 1.82 bits per heavy atom. The van der Waals surface area contributed by atoms with Gasteiger partial charge >= 0.3 is 0 Å². The van der Waals surface area contributed by atoms with Crippen molar-refractivity contribution in [2.45, 2.75) is 6.92 Å². The summed E-state index contributed by atoms with van der Waals surface area (Å²) in [5, 5.41) is 4.82. The number of benzene rings is 6. The lowest BCUT2D eigenvalue weighted by Gasteiger charge is -2.18. The molecule has 2 aromatic heterocycles. The fraction of sp³-hybridized carbons (Fsp3) is 0.0263. The molecule has 0 aliphatic carbocycles. The molecule has 0 amide bonds. The molecule has 188 valence electrons. The van der Waals surface area contributed by atoms with Crippen LogP contribution in [0.4, 0.5) is 0 Å². The van der Waals surface area contributed by atoms with Gasteiger partial charge in [0.2, 0.25) is 0 Å². The summed E-state index contributed by atoms with van der Waals surface area (Å²) in [6.07, 6.45) is 3.33. The van der Waals surface area contributed by atoms with Crippen LogP contribution in [0.25, 0.3) is 71.3 Å². The van der Waals surface area contributed by atoms with E-state index >= 15 is 0 Å². The van der Waals surface area contributed by atoms with Gasteiger partial charge < -0.3 is 4.57 Å². The van der Waals surface area contributed by atoms with Crippen LogP contribution >= 0.6 is 0 Å². The Kier molecular flexibility index (Phi) is 3.44. The molecule has 0 saturated heterocycles. The lowest BCUT2D eigenvalue weighted by atomic mass is 9.85. The van der Waals surface area contributed by atoms with Crippen LogP contribution in [-0.4, -0.2) is 9.55 Å². The van der Waals surface area contributed by atoms with Gasteiger partial charge in [0.15, 0.2) is 0 Å². The van der Waals surface area contributed by atoms with Gasteiger partial charge in [0, 0.05) is 28.9 Å². The molecule has 0 aliphatic rings. The van der Waals surface area contributed by atoms with Crippen molar-refractivity contribution in [1.82, 2.24) is 9.55 Å². The molecular weight excluding hydrogens is 484 g/mol. The van der Waals surface area contributed by atoms with E-state index in [9.17, 15) is 0 Å². The molecule has 8 rings (SSSR count).